The third-order valence-corrected chi connectivity index (χ3v) is 9.30. The summed E-state index contributed by atoms with van der Waals surface area (Å²) in [7, 11) is 0. The molecule has 0 spiro atoms. The van der Waals surface area contributed by atoms with E-state index in [-0.39, 0.29) is 0 Å². The maximum atomic E-state index is 13.4. The van der Waals surface area contributed by atoms with Crippen molar-refractivity contribution < 1.29 is 9.59 Å². The molecule has 0 aliphatic carbocycles. The minimum Gasteiger partial charge on any atom is -0.285 e. The number of ketones is 2. The van der Waals surface area contributed by atoms with Gasteiger partial charge in [-0.2, -0.15) is 0 Å². The average Bonchev–Trinajstić information content (AvgIpc) is 2.84. The average molecular weight is 422 g/mol. The minimum absolute atomic E-state index is 0.416. The second-order valence-electron chi connectivity index (χ2n) is 7.42. The number of hydrogen-bond acceptors (Lipinski definition) is 2. The summed E-state index contributed by atoms with van der Waals surface area (Å²) in [5.41, 5.74) is 1.46. The summed E-state index contributed by atoms with van der Waals surface area (Å²) in [6, 6.07) is 37.2. The van der Waals surface area contributed by atoms with Gasteiger partial charge >= 0.3 is 0 Å². The van der Waals surface area contributed by atoms with Crippen LogP contribution < -0.4 is 15.9 Å². The second-order valence-corrected chi connectivity index (χ2v) is 10.7. The van der Waals surface area contributed by atoms with Gasteiger partial charge in [-0.25, -0.2) is 0 Å². The van der Waals surface area contributed by atoms with Crippen molar-refractivity contribution in [2.75, 3.05) is 0 Å². The van der Waals surface area contributed by atoms with Crippen LogP contribution in [0.15, 0.2) is 115 Å². The van der Waals surface area contributed by atoms with Crippen LogP contribution in [-0.4, -0.2) is 17.4 Å². The molecular weight excluding hydrogens is 399 g/mol. The second kappa shape index (κ2) is 9.12. The van der Waals surface area contributed by atoms with Gasteiger partial charge in [0, 0.05) is 5.56 Å². The van der Waals surface area contributed by atoms with Crippen molar-refractivity contribution in [2.24, 2.45) is 0 Å². The molecule has 4 rings (SSSR count). The van der Waals surface area contributed by atoms with Crippen LogP contribution in [0.5, 0.6) is 0 Å². The van der Waals surface area contributed by atoms with E-state index >= 15 is 0 Å². The Bertz CT molecular complexity index is 1140. The molecule has 0 atom stereocenters. The molecule has 0 fully saturated rings. The highest BCUT2D eigenvalue weighted by atomic mass is 31.2. The molecule has 152 valence electrons. The van der Waals surface area contributed by atoms with Gasteiger partial charge < -0.3 is 0 Å². The largest absolute Gasteiger partial charge is 0.285 e. The Hall–Kier alpha value is -3.48. The van der Waals surface area contributed by atoms with Gasteiger partial charge in [0.15, 0.2) is 0 Å². The van der Waals surface area contributed by atoms with E-state index in [0.29, 0.717) is 5.56 Å². The molecule has 0 saturated carbocycles. The number of benzene rings is 4. The predicted molar refractivity (Wildman–Crippen MR) is 132 cm³/mol. The van der Waals surface area contributed by atoms with Crippen LogP contribution in [0.25, 0.3) is 0 Å². The topological polar surface area (TPSA) is 34.1 Å². The summed E-state index contributed by atoms with van der Waals surface area (Å²) < 4.78 is 0. The molecule has 0 radical (unpaired) electrons. The van der Waals surface area contributed by atoms with Crippen molar-refractivity contribution in [2.45, 2.75) is 6.92 Å². The lowest BCUT2D eigenvalue weighted by Gasteiger charge is -2.28. The Morgan fingerprint density at radius 3 is 1.35 bits per heavy atom. The van der Waals surface area contributed by atoms with E-state index in [2.05, 4.69) is 0 Å². The van der Waals surface area contributed by atoms with Crippen LogP contribution in [0.1, 0.15) is 15.9 Å². The highest BCUT2D eigenvalue weighted by Gasteiger charge is 2.28. The third-order valence-electron chi connectivity index (χ3n) is 5.34. The molecule has 31 heavy (non-hydrogen) atoms. The SMILES string of the molecule is Cc1ccc(C(=O)C(=O)C=P(c2ccccc2)(c2ccccc2)c2ccccc2)cc1. The van der Waals surface area contributed by atoms with Gasteiger partial charge in [0.2, 0.25) is 11.6 Å². The van der Waals surface area contributed by atoms with Crippen LogP contribution in [-0.2, 0) is 4.79 Å². The number of aryl methyl sites for hydroxylation is 1. The van der Waals surface area contributed by atoms with E-state index in [0.717, 1.165) is 21.5 Å². The fourth-order valence-electron chi connectivity index (χ4n) is 3.74. The number of carbonyl (C=O) groups is 2. The summed E-state index contributed by atoms with van der Waals surface area (Å²) in [6.45, 7) is -0.531. The molecule has 0 aliphatic heterocycles. The minimum atomic E-state index is -2.49. The Kier molecular flexibility index (Phi) is 6.11. The molecule has 2 nitrogen and oxygen atoms in total. The van der Waals surface area contributed by atoms with Crippen LogP contribution >= 0.6 is 6.89 Å². The Balaban J connectivity index is 1.99. The molecular formula is C28H23O2P. The lowest BCUT2D eigenvalue weighted by atomic mass is 10.1. The van der Waals surface area contributed by atoms with Crippen LogP contribution in [0.3, 0.4) is 0 Å². The van der Waals surface area contributed by atoms with Crippen LogP contribution in [0.2, 0.25) is 0 Å². The van der Waals surface area contributed by atoms with Gasteiger partial charge in [-0.15, -0.1) is 0 Å². The molecule has 0 N–H and O–H groups in total. The van der Waals surface area contributed by atoms with Crippen molar-refractivity contribution in [3.05, 3.63) is 126 Å². The van der Waals surface area contributed by atoms with Gasteiger partial charge in [0.05, 0.1) is 0 Å². The van der Waals surface area contributed by atoms with E-state index in [1.54, 1.807) is 17.9 Å². The molecule has 4 aromatic rings. The van der Waals surface area contributed by atoms with E-state index in [1.807, 2.05) is 110 Å². The van der Waals surface area contributed by atoms with Gasteiger partial charge in [0.1, 0.15) is 0 Å². The highest BCUT2D eigenvalue weighted by Crippen LogP contribution is 2.43. The van der Waals surface area contributed by atoms with E-state index in [1.165, 1.54) is 0 Å². The maximum Gasteiger partial charge on any atom is 0.232 e. The molecule has 3 heteroatoms. The van der Waals surface area contributed by atoms with E-state index in [9.17, 15) is 9.59 Å². The lowest BCUT2D eigenvalue weighted by molar-refractivity contribution is -0.108. The van der Waals surface area contributed by atoms with Crippen molar-refractivity contribution in [3.8, 4) is 0 Å². The standard InChI is InChI=1S/C28H23O2P/c1-22-17-19-23(20-18-22)28(30)27(29)21-31(24-11-5-2-6-12-24,25-13-7-3-8-14-25)26-15-9-4-10-16-26/h2-21H,1H3. The normalized spacial score (nSPS) is 11.0. The monoisotopic (exact) mass is 422 g/mol. The molecule has 0 bridgehead atoms. The van der Waals surface area contributed by atoms with Crippen LogP contribution in [0.4, 0.5) is 0 Å². The van der Waals surface area contributed by atoms with E-state index < -0.39 is 18.5 Å². The fourth-order valence-corrected chi connectivity index (χ4v) is 7.48. The number of carbonyl (C=O) groups excluding carboxylic acids is 2. The Morgan fingerprint density at radius 1 is 0.581 bits per heavy atom. The first kappa shape index (κ1) is 20.8. The molecule has 0 saturated heterocycles. The van der Waals surface area contributed by atoms with Crippen LogP contribution in [0, 0.1) is 6.92 Å². The lowest BCUT2D eigenvalue weighted by Crippen LogP contribution is -2.30. The van der Waals surface area contributed by atoms with Crippen molar-refractivity contribution in [1.82, 2.24) is 0 Å². The van der Waals surface area contributed by atoms with Crippen molar-refractivity contribution in [3.63, 3.8) is 0 Å². The zero-order valence-corrected chi connectivity index (χ0v) is 18.2. The summed E-state index contributed by atoms with van der Waals surface area (Å²) in [6.07, 6.45) is 0. The highest BCUT2D eigenvalue weighted by molar-refractivity contribution is 7.95. The smallest absolute Gasteiger partial charge is 0.232 e. The Labute approximate surface area is 183 Å². The first-order chi connectivity index (χ1) is 15.1. The maximum absolute atomic E-state index is 13.4. The van der Waals surface area contributed by atoms with E-state index in [4.69, 9.17) is 0 Å². The molecule has 0 amide bonds. The van der Waals surface area contributed by atoms with Crippen molar-refractivity contribution in [1.29, 1.82) is 0 Å². The van der Waals surface area contributed by atoms with Gasteiger partial charge in [-0.05, 0) is 35.5 Å². The number of hydrogen-bond donors (Lipinski definition) is 0. The van der Waals surface area contributed by atoms with Crippen molar-refractivity contribution >= 4 is 40.2 Å². The molecule has 0 aliphatic rings. The zero-order valence-electron chi connectivity index (χ0n) is 17.3. The van der Waals surface area contributed by atoms with Gasteiger partial charge in [-0.3, -0.25) is 9.59 Å². The Morgan fingerprint density at radius 2 is 0.968 bits per heavy atom. The van der Waals surface area contributed by atoms with Gasteiger partial charge in [0.25, 0.3) is 0 Å². The molecule has 0 heterocycles. The number of Topliss-reactive ketones (excluding diaryl/α,β-unsaturated/α-hetero) is 2. The summed E-state index contributed by atoms with van der Waals surface area (Å²) in [4.78, 5) is 26.5. The molecule has 0 unspecified atom stereocenters. The first-order valence-electron chi connectivity index (χ1n) is 10.2. The first-order valence-corrected chi connectivity index (χ1v) is 12.0. The zero-order chi connectivity index (χ0) is 21.7. The molecule has 4 aromatic carbocycles. The molecule has 0 aromatic heterocycles. The third kappa shape index (κ3) is 4.21. The summed E-state index contributed by atoms with van der Waals surface area (Å²) in [5, 5.41) is 3.12. The van der Waals surface area contributed by atoms with Gasteiger partial charge in [-0.1, -0.05) is 121 Å². The quantitative estimate of drug-likeness (QED) is 0.260. The summed E-state index contributed by atoms with van der Waals surface area (Å²) in [5.74, 6) is 0.732. The predicted octanol–water partition coefficient (Wildman–Crippen LogP) is 4.54. The number of rotatable bonds is 6. The fraction of sp³-hybridized carbons (Fsp3) is 0.0357. The summed E-state index contributed by atoms with van der Waals surface area (Å²) >= 11 is 0.